The maximum Gasteiger partial charge on any atom is 0.247 e. The van der Waals surface area contributed by atoms with E-state index in [0.29, 0.717) is 11.8 Å². The van der Waals surface area contributed by atoms with E-state index < -0.39 is 0 Å². The lowest BCUT2D eigenvalue weighted by atomic mass is 10.1. The molecule has 0 spiro atoms. The van der Waals surface area contributed by atoms with Crippen molar-refractivity contribution in [2.75, 3.05) is 30.4 Å². The van der Waals surface area contributed by atoms with Crippen molar-refractivity contribution in [3.05, 3.63) is 60.9 Å². The molecule has 1 aliphatic rings. The number of rotatable bonds is 5. The molecular weight excluding hydrogens is 376 g/mol. The monoisotopic (exact) mass is 400 g/mol. The zero-order chi connectivity index (χ0) is 20.3. The highest BCUT2D eigenvalue weighted by Gasteiger charge is 2.14. The largest absolute Gasteiger partial charge is 0.481 e. The number of aromatic nitrogens is 4. The van der Waals surface area contributed by atoms with Crippen molar-refractivity contribution >= 4 is 23.0 Å². The number of ether oxygens (including phenoxy) is 1. The fraction of sp³-hybridized carbons (Fsp3) is 0.261. The first kappa shape index (κ1) is 18.4. The normalized spacial score (nSPS) is 14.1. The number of nitrogens with one attached hydrogen (secondary N) is 1. The zero-order valence-electron chi connectivity index (χ0n) is 17.0. The number of pyridine rings is 2. The summed E-state index contributed by atoms with van der Waals surface area (Å²) in [7, 11) is 1.62. The molecule has 0 amide bonds. The van der Waals surface area contributed by atoms with Crippen LogP contribution in [0.3, 0.4) is 0 Å². The summed E-state index contributed by atoms with van der Waals surface area (Å²) in [6, 6.07) is 16.3. The number of benzene rings is 1. The molecule has 7 nitrogen and oxygen atoms in total. The van der Waals surface area contributed by atoms with Gasteiger partial charge in [-0.25, -0.2) is 9.50 Å². The highest BCUT2D eigenvalue weighted by molar-refractivity contribution is 5.81. The lowest BCUT2D eigenvalue weighted by molar-refractivity contribution is 0.399. The Kier molecular flexibility index (Phi) is 4.93. The minimum absolute atomic E-state index is 0.552. The quantitative estimate of drug-likeness (QED) is 0.531. The predicted octanol–water partition coefficient (Wildman–Crippen LogP) is 4.53. The molecule has 1 saturated heterocycles. The lowest BCUT2D eigenvalue weighted by Gasteiger charge is -2.28. The maximum atomic E-state index is 5.42. The third-order valence-electron chi connectivity index (χ3n) is 5.46. The Balaban J connectivity index is 1.42. The van der Waals surface area contributed by atoms with Gasteiger partial charge in [-0.3, -0.25) is 0 Å². The summed E-state index contributed by atoms with van der Waals surface area (Å²) in [6.07, 6.45) is 7.49. The molecule has 0 atom stereocenters. The van der Waals surface area contributed by atoms with Crippen molar-refractivity contribution in [3.63, 3.8) is 0 Å². The average Bonchev–Trinajstić information content (AvgIpc) is 3.22. The van der Waals surface area contributed by atoms with Crippen molar-refractivity contribution in [1.82, 2.24) is 19.6 Å². The minimum atomic E-state index is 0.552. The second kappa shape index (κ2) is 8.02. The molecule has 5 rings (SSSR count). The molecule has 1 fully saturated rings. The molecule has 0 saturated carbocycles. The summed E-state index contributed by atoms with van der Waals surface area (Å²) in [5.41, 5.74) is 4.79. The number of nitrogens with zero attached hydrogens (tertiary/aromatic N) is 5. The Labute approximate surface area is 175 Å². The van der Waals surface area contributed by atoms with Gasteiger partial charge in [-0.2, -0.15) is 4.98 Å². The molecule has 3 aromatic heterocycles. The SMILES string of the molecule is COc1ncccc1-c1cccn2nc(Nc3ccc(N4CCCCC4)cc3)nc12. The van der Waals surface area contributed by atoms with E-state index in [9.17, 15) is 0 Å². The van der Waals surface area contributed by atoms with E-state index in [4.69, 9.17) is 9.72 Å². The van der Waals surface area contributed by atoms with Gasteiger partial charge in [-0.15, -0.1) is 5.10 Å². The van der Waals surface area contributed by atoms with Gasteiger partial charge in [-0.05, 0) is 67.8 Å². The van der Waals surface area contributed by atoms with Crippen LogP contribution in [0.15, 0.2) is 60.9 Å². The number of piperidine rings is 1. The number of methoxy groups -OCH3 is 1. The second-order valence-electron chi connectivity index (χ2n) is 7.41. The summed E-state index contributed by atoms with van der Waals surface area (Å²) in [4.78, 5) is 11.5. The fourth-order valence-electron chi connectivity index (χ4n) is 3.96. The van der Waals surface area contributed by atoms with E-state index in [-0.39, 0.29) is 0 Å². The van der Waals surface area contributed by atoms with E-state index in [2.05, 4.69) is 44.6 Å². The molecule has 0 unspecified atom stereocenters. The summed E-state index contributed by atoms with van der Waals surface area (Å²) in [5, 5.41) is 7.91. The van der Waals surface area contributed by atoms with Crippen LogP contribution in [0.2, 0.25) is 0 Å². The smallest absolute Gasteiger partial charge is 0.247 e. The molecule has 0 aliphatic carbocycles. The summed E-state index contributed by atoms with van der Waals surface area (Å²) in [6.45, 7) is 2.28. The van der Waals surface area contributed by atoms with Gasteiger partial charge in [0.2, 0.25) is 11.8 Å². The molecule has 1 aromatic carbocycles. The van der Waals surface area contributed by atoms with Crippen LogP contribution in [0.1, 0.15) is 19.3 Å². The highest BCUT2D eigenvalue weighted by atomic mass is 16.5. The summed E-state index contributed by atoms with van der Waals surface area (Å²) in [5.74, 6) is 1.12. The Morgan fingerprint density at radius 1 is 0.933 bits per heavy atom. The molecule has 7 heteroatoms. The van der Waals surface area contributed by atoms with Crippen LogP contribution < -0.4 is 15.0 Å². The number of hydrogen-bond donors (Lipinski definition) is 1. The minimum Gasteiger partial charge on any atom is -0.481 e. The van der Waals surface area contributed by atoms with Crippen LogP contribution in [-0.2, 0) is 0 Å². The van der Waals surface area contributed by atoms with Crippen LogP contribution >= 0.6 is 0 Å². The van der Waals surface area contributed by atoms with Gasteiger partial charge >= 0.3 is 0 Å². The van der Waals surface area contributed by atoms with Gasteiger partial charge in [-0.1, -0.05) is 0 Å². The number of anilines is 3. The second-order valence-corrected chi connectivity index (χ2v) is 7.41. The molecule has 4 heterocycles. The van der Waals surface area contributed by atoms with Crippen LogP contribution in [-0.4, -0.2) is 39.8 Å². The molecule has 0 radical (unpaired) electrons. The van der Waals surface area contributed by atoms with Crippen molar-refractivity contribution < 1.29 is 4.74 Å². The third kappa shape index (κ3) is 3.54. The van der Waals surface area contributed by atoms with Gasteiger partial charge in [0.25, 0.3) is 0 Å². The van der Waals surface area contributed by atoms with Gasteiger partial charge in [0.15, 0.2) is 5.65 Å². The molecule has 4 aromatic rings. The predicted molar refractivity (Wildman–Crippen MR) is 119 cm³/mol. The average molecular weight is 400 g/mol. The van der Waals surface area contributed by atoms with E-state index >= 15 is 0 Å². The molecule has 30 heavy (non-hydrogen) atoms. The van der Waals surface area contributed by atoms with Crippen molar-refractivity contribution in [3.8, 4) is 17.0 Å². The Bertz CT molecular complexity index is 1150. The van der Waals surface area contributed by atoms with Gasteiger partial charge < -0.3 is 15.0 Å². The van der Waals surface area contributed by atoms with Gasteiger partial charge in [0.1, 0.15) is 0 Å². The van der Waals surface area contributed by atoms with Crippen LogP contribution in [0.5, 0.6) is 5.88 Å². The van der Waals surface area contributed by atoms with E-state index in [1.54, 1.807) is 17.8 Å². The van der Waals surface area contributed by atoms with Crippen molar-refractivity contribution in [1.29, 1.82) is 0 Å². The first-order chi connectivity index (χ1) is 14.8. The first-order valence-corrected chi connectivity index (χ1v) is 10.3. The molecule has 152 valence electrons. The Morgan fingerprint density at radius 3 is 2.53 bits per heavy atom. The van der Waals surface area contributed by atoms with E-state index in [1.807, 2.05) is 30.5 Å². The zero-order valence-corrected chi connectivity index (χ0v) is 17.0. The topological polar surface area (TPSA) is 67.6 Å². The number of fused-ring (bicyclic) bond motifs is 1. The summed E-state index contributed by atoms with van der Waals surface area (Å²) >= 11 is 0. The van der Waals surface area contributed by atoms with Crippen molar-refractivity contribution in [2.24, 2.45) is 0 Å². The lowest BCUT2D eigenvalue weighted by Crippen LogP contribution is -2.29. The van der Waals surface area contributed by atoms with Crippen LogP contribution in [0.25, 0.3) is 16.8 Å². The fourth-order valence-corrected chi connectivity index (χ4v) is 3.96. The Morgan fingerprint density at radius 2 is 1.73 bits per heavy atom. The van der Waals surface area contributed by atoms with Gasteiger partial charge in [0.05, 0.1) is 7.11 Å². The molecular formula is C23H24N6O. The molecule has 1 N–H and O–H groups in total. The van der Waals surface area contributed by atoms with Crippen molar-refractivity contribution in [2.45, 2.75) is 19.3 Å². The standard InChI is InChI=1S/C23H24N6O/c1-30-22-20(7-5-13-24-22)19-8-6-16-29-21(19)26-23(27-29)25-17-9-11-18(12-10-17)28-14-3-2-4-15-28/h5-13,16H,2-4,14-15H2,1H3,(H,25,27). The molecule has 0 bridgehead atoms. The van der Waals surface area contributed by atoms with E-state index in [0.717, 1.165) is 35.6 Å². The molecule has 1 aliphatic heterocycles. The first-order valence-electron chi connectivity index (χ1n) is 10.3. The third-order valence-corrected chi connectivity index (χ3v) is 5.46. The van der Waals surface area contributed by atoms with E-state index in [1.165, 1.54) is 24.9 Å². The maximum absolute atomic E-state index is 5.42. The highest BCUT2D eigenvalue weighted by Crippen LogP contribution is 2.31. The number of hydrogen-bond acceptors (Lipinski definition) is 6. The van der Waals surface area contributed by atoms with Crippen LogP contribution in [0, 0.1) is 0 Å². The summed E-state index contributed by atoms with van der Waals surface area (Å²) < 4.78 is 7.19. The van der Waals surface area contributed by atoms with Gasteiger partial charge in [0, 0.05) is 48.0 Å². The Hall–Kier alpha value is -3.61. The van der Waals surface area contributed by atoms with Crippen LogP contribution in [0.4, 0.5) is 17.3 Å².